The fourth-order valence-electron chi connectivity index (χ4n) is 4.22. The normalized spacial score (nSPS) is 16.3. The zero-order valence-electron chi connectivity index (χ0n) is 18.1. The molecule has 0 spiro atoms. The van der Waals surface area contributed by atoms with Gasteiger partial charge in [0.2, 0.25) is 5.78 Å². The minimum absolute atomic E-state index is 0.0942. The molecule has 2 aromatic carbocycles. The third kappa shape index (κ3) is 3.74. The van der Waals surface area contributed by atoms with Crippen LogP contribution in [0.15, 0.2) is 60.6 Å². The van der Waals surface area contributed by atoms with Gasteiger partial charge in [-0.05, 0) is 60.4 Å². The molecule has 6 heteroatoms. The van der Waals surface area contributed by atoms with Gasteiger partial charge in [0, 0.05) is 25.5 Å². The number of Topliss-reactive ketones (excluding diaryl/α,β-unsaturated/α-hetero) is 1. The summed E-state index contributed by atoms with van der Waals surface area (Å²) in [6.45, 7) is 3.88. The Hall–Kier alpha value is -3.64. The lowest BCUT2D eigenvalue weighted by molar-refractivity contribution is 0.0947. The molecule has 0 bridgehead atoms. The van der Waals surface area contributed by atoms with Gasteiger partial charge in [0.25, 0.3) is 0 Å². The van der Waals surface area contributed by atoms with Crippen molar-refractivity contribution in [2.24, 2.45) is 0 Å². The number of nitrogens with zero attached hydrogens (tertiary/aromatic N) is 2. The lowest BCUT2D eigenvalue weighted by Gasteiger charge is -2.30. The molecule has 0 N–H and O–H groups in total. The standard InChI is InChI=1S/C26H24N2O4/c1-17-13-22-20(15-28(16-31-22)12-9-19-5-3-4-6-21(19)30-2)26-24(17)25(29)23(32-26)14-18-7-10-27-11-8-18/h3-8,10-11,13-14H,9,12,15-16H2,1-2H3/b23-14-. The van der Waals surface area contributed by atoms with Crippen molar-refractivity contribution in [3.63, 3.8) is 0 Å². The highest BCUT2D eigenvalue weighted by Gasteiger charge is 2.35. The molecule has 0 saturated carbocycles. The van der Waals surface area contributed by atoms with Gasteiger partial charge in [0.15, 0.2) is 5.76 Å². The van der Waals surface area contributed by atoms with Crippen LogP contribution in [0.4, 0.5) is 0 Å². The van der Waals surface area contributed by atoms with Crippen LogP contribution >= 0.6 is 0 Å². The van der Waals surface area contributed by atoms with Crippen molar-refractivity contribution >= 4 is 11.9 Å². The second kappa shape index (κ2) is 8.48. The summed E-state index contributed by atoms with van der Waals surface area (Å²) in [5, 5.41) is 0. The molecule has 5 rings (SSSR count). The summed E-state index contributed by atoms with van der Waals surface area (Å²) in [7, 11) is 1.69. The molecule has 0 amide bonds. The molecule has 0 aliphatic carbocycles. The molecule has 6 nitrogen and oxygen atoms in total. The SMILES string of the molecule is COc1ccccc1CCN1COc2cc(C)c3c(c2C1)O/C(=C\c1ccncc1)C3=O. The number of ketones is 1. The Kier molecular flexibility index (Phi) is 5.37. The quantitative estimate of drug-likeness (QED) is 0.561. The number of aromatic nitrogens is 1. The predicted molar refractivity (Wildman–Crippen MR) is 121 cm³/mol. The number of aryl methyl sites for hydroxylation is 1. The fourth-order valence-corrected chi connectivity index (χ4v) is 4.22. The van der Waals surface area contributed by atoms with Crippen molar-refractivity contribution in [3.05, 3.63) is 88.4 Å². The van der Waals surface area contributed by atoms with Gasteiger partial charge in [-0.25, -0.2) is 0 Å². The zero-order chi connectivity index (χ0) is 22.1. The van der Waals surface area contributed by atoms with Crippen LogP contribution in [0.2, 0.25) is 0 Å². The Morgan fingerprint density at radius 1 is 1.19 bits per heavy atom. The van der Waals surface area contributed by atoms with Crippen LogP contribution in [0.1, 0.15) is 32.6 Å². The van der Waals surface area contributed by atoms with Crippen molar-refractivity contribution in [3.8, 4) is 17.2 Å². The van der Waals surface area contributed by atoms with Crippen molar-refractivity contribution < 1.29 is 19.0 Å². The number of allylic oxidation sites excluding steroid dienone is 1. The zero-order valence-corrected chi connectivity index (χ0v) is 18.1. The Morgan fingerprint density at radius 2 is 2.00 bits per heavy atom. The number of fused-ring (bicyclic) bond motifs is 3. The van der Waals surface area contributed by atoms with Crippen LogP contribution in [0.25, 0.3) is 6.08 Å². The Morgan fingerprint density at radius 3 is 2.81 bits per heavy atom. The van der Waals surface area contributed by atoms with Gasteiger partial charge in [-0.1, -0.05) is 18.2 Å². The molecule has 162 valence electrons. The smallest absolute Gasteiger partial charge is 0.232 e. The number of carbonyl (C=O) groups is 1. The Bertz CT molecular complexity index is 1200. The molecular formula is C26H24N2O4. The number of benzene rings is 2. The van der Waals surface area contributed by atoms with E-state index in [-0.39, 0.29) is 5.78 Å². The highest BCUT2D eigenvalue weighted by atomic mass is 16.5. The average Bonchev–Trinajstić information content (AvgIpc) is 3.15. The first-order valence-corrected chi connectivity index (χ1v) is 10.6. The van der Waals surface area contributed by atoms with E-state index in [4.69, 9.17) is 14.2 Å². The number of methoxy groups -OCH3 is 1. The van der Waals surface area contributed by atoms with Crippen molar-refractivity contribution in [2.45, 2.75) is 19.9 Å². The molecule has 0 fully saturated rings. The lowest BCUT2D eigenvalue weighted by atomic mass is 9.98. The van der Waals surface area contributed by atoms with Crippen LogP contribution in [0, 0.1) is 6.92 Å². The van der Waals surface area contributed by atoms with Crippen LogP contribution in [-0.2, 0) is 13.0 Å². The van der Waals surface area contributed by atoms with Crippen LogP contribution in [0.3, 0.4) is 0 Å². The molecule has 2 aliphatic rings. The van der Waals surface area contributed by atoms with Gasteiger partial charge in [-0.2, -0.15) is 0 Å². The van der Waals surface area contributed by atoms with Crippen molar-refractivity contribution in [1.29, 1.82) is 0 Å². The summed E-state index contributed by atoms with van der Waals surface area (Å²) in [6.07, 6.45) is 5.99. The topological polar surface area (TPSA) is 60.9 Å². The van der Waals surface area contributed by atoms with Gasteiger partial charge in [0.1, 0.15) is 24.0 Å². The van der Waals surface area contributed by atoms with E-state index in [2.05, 4.69) is 16.0 Å². The summed E-state index contributed by atoms with van der Waals surface area (Å²) in [6, 6.07) is 13.7. The summed E-state index contributed by atoms with van der Waals surface area (Å²) in [5.74, 6) is 2.53. The lowest BCUT2D eigenvalue weighted by Crippen LogP contribution is -2.34. The fraction of sp³-hybridized carbons (Fsp3) is 0.231. The number of hydrogen-bond acceptors (Lipinski definition) is 6. The minimum Gasteiger partial charge on any atom is -0.496 e. The number of carbonyl (C=O) groups excluding carboxylic acids is 1. The molecule has 0 unspecified atom stereocenters. The third-order valence-corrected chi connectivity index (χ3v) is 5.88. The average molecular weight is 428 g/mol. The minimum atomic E-state index is -0.0942. The second-order valence-corrected chi connectivity index (χ2v) is 7.98. The van der Waals surface area contributed by atoms with Gasteiger partial charge in [0.05, 0.1) is 18.2 Å². The summed E-state index contributed by atoms with van der Waals surface area (Å²) >= 11 is 0. The molecule has 1 aromatic heterocycles. The highest BCUT2D eigenvalue weighted by molar-refractivity contribution is 6.15. The number of pyridine rings is 1. The monoisotopic (exact) mass is 428 g/mol. The van der Waals surface area contributed by atoms with E-state index in [0.29, 0.717) is 30.3 Å². The summed E-state index contributed by atoms with van der Waals surface area (Å²) in [4.78, 5) is 19.3. The maximum Gasteiger partial charge on any atom is 0.232 e. The Labute approximate surface area is 187 Å². The van der Waals surface area contributed by atoms with E-state index < -0.39 is 0 Å². The maximum absolute atomic E-state index is 13.1. The Balaban J connectivity index is 1.39. The van der Waals surface area contributed by atoms with Gasteiger partial charge in [-0.3, -0.25) is 14.7 Å². The van der Waals surface area contributed by atoms with E-state index in [1.807, 2.05) is 43.3 Å². The van der Waals surface area contributed by atoms with E-state index in [9.17, 15) is 4.79 Å². The number of hydrogen-bond donors (Lipinski definition) is 0. The summed E-state index contributed by atoms with van der Waals surface area (Å²) < 4.78 is 17.6. The van der Waals surface area contributed by atoms with E-state index in [0.717, 1.165) is 46.7 Å². The molecule has 0 radical (unpaired) electrons. The number of rotatable bonds is 5. The second-order valence-electron chi connectivity index (χ2n) is 7.98. The predicted octanol–water partition coefficient (Wildman–Crippen LogP) is 4.41. The summed E-state index contributed by atoms with van der Waals surface area (Å²) in [5.41, 5.74) is 4.44. The van der Waals surface area contributed by atoms with Crippen LogP contribution in [0.5, 0.6) is 17.2 Å². The van der Waals surface area contributed by atoms with Crippen LogP contribution < -0.4 is 14.2 Å². The first kappa shape index (κ1) is 20.3. The largest absolute Gasteiger partial charge is 0.496 e. The maximum atomic E-state index is 13.1. The molecular weight excluding hydrogens is 404 g/mol. The van der Waals surface area contributed by atoms with E-state index in [1.165, 1.54) is 0 Å². The molecule has 0 atom stereocenters. The molecule has 0 saturated heterocycles. The number of para-hydroxylation sites is 1. The van der Waals surface area contributed by atoms with Gasteiger partial charge < -0.3 is 14.2 Å². The van der Waals surface area contributed by atoms with Gasteiger partial charge in [-0.15, -0.1) is 0 Å². The molecule has 2 aliphatic heterocycles. The van der Waals surface area contributed by atoms with Crippen molar-refractivity contribution in [2.75, 3.05) is 20.4 Å². The first-order valence-electron chi connectivity index (χ1n) is 10.6. The highest BCUT2D eigenvalue weighted by Crippen LogP contribution is 2.44. The van der Waals surface area contributed by atoms with Gasteiger partial charge >= 0.3 is 0 Å². The molecule has 3 aromatic rings. The van der Waals surface area contributed by atoms with E-state index >= 15 is 0 Å². The third-order valence-electron chi connectivity index (χ3n) is 5.88. The number of ether oxygens (including phenoxy) is 3. The molecule has 32 heavy (non-hydrogen) atoms. The van der Waals surface area contributed by atoms with E-state index in [1.54, 1.807) is 25.6 Å². The first-order chi connectivity index (χ1) is 15.6. The van der Waals surface area contributed by atoms with Crippen LogP contribution in [-0.4, -0.2) is 36.1 Å². The van der Waals surface area contributed by atoms with Crippen molar-refractivity contribution in [1.82, 2.24) is 9.88 Å². The molecule has 3 heterocycles.